The Labute approximate surface area is 208 Å². The van der Waals surface area contributed by atoms with E-state index in [1.54, 1.807) is 24.3 Å². The van der Waals surface area contributed by atoms with E-state index in [4.69, 9.17) is 0 Å². The number of piperidine rings is 1. The number of nitrogens with one attached hydrogen (secondary N) is 1. The van der Waals surface area contributed by atoms with Crippen molar-refractivity contribution in [2.24, 2.45) is 0 Å². The van der Waals surface area contributed by atoms with Crippen molar-refractivity contribution in [3.05, 3.63) is 88.5 Å². The molecule has 0 saturated carbocycles. The third-order valence-corrected chi connectivity index (χ3v) is 6.63. The molecule has 1 fully saturated rings. The number of imide groups is 1. The number of carboxylic acids is 1. The summed E-state index contributed by atoms with van der Waals surface area (Å²) in [5.74, 6) is -2.90. The third-order valence-electron chi connectivity index (χ3n) is 6.63. The lowest BCUT2D eigenvalue weighted by Gasteiger charge is -2.30. The molecule has 0 unspecified atom stereocenters. The van der Waals surface area contributed by atoms with Gasteiger partial charge < -0.3 is 15.3 Å². The van der Waals surface area contributed by atoms with Gasteiger partial charge in [0.25, 0.3) is 17.7 Å². The number of hydrogen-bond acceptors (Lipinski definition) is 5. The van der Waals surface area contributed by atoms with Crippen LogP contribution in [0.3, 0.4) is 0 Å². The third kappa shape index (κ3) is 4.22. The number of nitrogens with zero attached hydrogens (tertiary/aromatic N) is 2. The summed E-state index contributed by atoms with van der Waals surface area (Å²) in [5, 5.41) is 12.2. The zero-order chi connectivity index (χ0) is 25.4. The van der Waals surface area contributed by atoms with Crippen molar-refractivity contribution in [2.75, 3.05) is 28.2 Å². The van der Waals surface area contributed by atoms with Gasteiger partial charge >= 0.3 is 5.97 Å². The maximum Gasteiger partial charge on any atom is 0.335 e. The van der Waals surface area contributed by atoms with Crippen molar-refractivity contribution in [2.45, 2.75) is 26.2 Å². The number of anilines is 3. The van der Waals surface area contributed by atoms with E-state index in [0.29, 0.717) is 5.69 Å². The second kappa shape index (κ2) is 9.30. The Morgan fingerprint density at radius 2 is 1.53 bits per heavy atom. The molecule has 5 rings (SSSR count). The SMILES string of the molecule is Cc1ccc(NC(=O)c2cc(N3CCCCC3)ccc2N2C(=O)c3ccc(C(=O)O)cc3C2=O)cc1. The van der Waals surface area contributed by atoms with Crippen LogP contribution >= 0.6 is 0 Å². The van der Waals surface area contributed by atoms with Crippen molar-refractivity contribution >= 4 is 40.8 Å². The fraction of sp³-hybridized carbons (Fsp3) is 0.214. The molecule has 3 amide bonds. The predicted molar refractivity (Wildman–Crippen MR) is 136 cm³/mol. The molecule has 3 aromatic rings. The van der Waals surface area contributed by atoms with Crippen LogP contribution in [-0.2, 0) is 0 Å². The number of aromatic carboxylic acids is 1. The van der Waals surface area contributed by atoms with E-state index < -0.39 is 23.7 Å². The molecule has 0 spiro atoms. The molecular weight excluding hydrogens is 458 g/mol. The van der Waals surface area contributed by atoms with E-state index in [1.807, 2.05) is 25.1 Å². The summed E-state index contributed by atoms with van der Waals surface area (Å²) in [5.41, 5.74) is 2.85. The molecule has 8 heteroatoms. The van der Waals surface area contributed by atoms with Gasteiger partial charge in [-0.05, 0) is 74.7 Å². The highest BCUT2D eigenvalue weighted by molar-refractivity contribution is 6.36. The molecule has 0 radical (unpaired) electrons. The van der Waals surface area contributed by atoms with E-state index in [-0.39, 0.29) is 27.9 Å². The van der Waals surface area contributed by atoms with Gasteiger partial charge in [0, 0.05) is 24.5 Å². The normalized spacial score (nSPS) is 15.1. The summed E-state index contributed by atoms with van der Waals surface area (Å²) in [4.78, 5) is 54.6. The Balaban J connectivity index is 1.56. The lowest BCUT2D eigenvalue weighted by molar-refractivity contribution is 0.0696. The van der Waals surface area contributed by atoms with Crippen LogP contribution in [0.25, 0.3) is 0 Å². The monoisotopic (exact) mass is 483 g/mol. The lowest BCUT2D eigenvalue weighted by atomic mass is 10.1. The molecule has 0 bridgehead atoms. The van der Waals surface area contributed by atoms with E-state index in [2.05, 4.69) is 10.2 Å². The van der Waals surface area contributed by atoms with Crippen LogP contribution in [0.5, 0.6) is 0 Å². The molecule has 2 N–H and O–H groups in total. The molecule has 2 aliphatic heterocycles. The van der Waals surface area contributed by atoms with E-state index in [0.717, 1.165) is 48.5 Å². The van der Waals surface area contributed by atoms with Gasteiger partial charge in [-0.1, -0.05) is 17.7 Å². The van der Waals surface area contributed by atoms with E-state index >= 15 is 0 Å². The molecule has 1 saturated heterocycles. The maximum absolute atomic E-state index is 13.5. The fourth-order valence-electron chi connectivity index (χ4n) is 4.68. The van der Waals surface area contributed by atoms with Crippen molar-refractivity contribution < 1.29 is 24.3 Å². The zero-order valence-corrected chi connectivity index (χ0v) is 19.8. The molecule has 0 aliphatic carbocycles. The molecule has 8 nitrogen and oxygen atoms in total. The number of rotatable bonds is 5. The van der Waals surface area contributed by atoms with E-state index in [9.17, 15) is 24.3 Å². The van der Waals surface area contributed by atoms with E-state index in [1.165, 1.54) is 18.2 Å². The smallest absolute Gasteiger partial charge is 0.335 e. The number of fused-ring (bicyclic) bond motifs is 1. The first-order valence-electron chi connectivity index (χ1n) is 11.9. The molecule has 0 aromatic heterocycles. The number of carbonyl (C=O) groups excluding carboxylic acids is 3. The zero-order valence-electron chi connectivity index (χ0n) is 19.8. The molecule has 3 aromatic carbocycles. The Hall–Kier alpha value is -4.46. The van der Waals surface area contributed by atoms with Crippen molar-refractivity contribution in [1.29, 1.82) is 0 Å². The van der Waals surface area contributed by atoms with Gasteiger partial charge in [-0.15, -0.1) is 0 Å². The Kier molecular flexibility index (Phi) is 6.01. The number of hydrogen-bond donors (Lipinski definition) is 2. The second-order valence-corrected chi connectivity index (χ2v) is 9.08. The number of benzene rings is 3. The first-order chi connectivity index (χ1) is 17.3. The highest BCUT2D eigenvalue weighted by Crippen LogP contribution is 2.34. The average Bonchev–Trinajstić information content (AvgIpc) is 3.14. The van der Waals surface area contributed by atoms with Crippen LogP contribution in [0.1, 0.15) is 66.3 Å². The predicted octanol–water partition coefficient (Wildman–Crippen LogP) is 4.74. The fourth-order valence-corrected chi connectivity index (χ4v) is 4.68. The standard InChI is InChI=1S/C28H25N3O5/c1-17-5-8-19(9-6-17)29-25(32)23-16-20(30-13-3-2-4-14-30)10-12-24(23)31-26(33)21-11-7-18(28(35)36)15-22(21)27(31)34/h5-12,15-16H,2-4,13-14H2,1H3,(H,29,32)(H,35,36). The summed E-state index contributed by atoms with van der Waals surface area (Å²) in [7, 11) is 0. The lowest BCUT2D eigenvalue weighted by Crippen LogP contribution is -2.33. The quantitative estimate of drug-likeness (QED) is 0.508. The minimum Gasteiger partial charge on any atom is -0.478 e. The van der Waals surface area contributed by atoms with Crippen molar-refractivity contribution in [3.8, 4) is 0 Å². The van der Waals surface area contributed by atoms with Crippen molar-refractivity contribution in [1.82, 2.24) is 0 Å². The Morgan fingerprint density at radius 1 is 0.833 bits per heavy atom. The Bertz CT molecular complexity index is 1390. The first-order valence-corrected chi connectivity index (χ1v) is 11.9. The van der Waals surface area contributed by atoms with Gasteiger partial charge in [-0.25, -0.2) is 9.69 Å². The van der Waals surface area contributed by atoms with Gasteiger partial charge in [0.2, 0.25) is 0 Å². The number of amides is 3. The summed E-state index contributed by atoms with van der Waals surface area (Å²) >= 11 is 0. The molecule has 2 aliphatic rings. The molecule has 2 heterocycles. The topological polar surface area (TPSA) is 107 Å². The molecule has 36 heavy (non-hydrogen) atoms. The second-order valence-electron chi connectivity index (χ2n) is 9.08. The summed E-state index contributed by atoms with van der Waals surface area (Å²) in [6, 6.07) is 16.3. The van der Waals surface area contributed by atoms with Gasteiger partial charge in [0.05, 0.1) is 27.9 Å². The minimum atomic E-state index is -1.19. The minimum absolute atomic E-state index is 0.00454. The van der Waals surface area contributed by atoms with Gasteiger partial charge in [0.15, 0.2) is 0 Å². The van der Waals surface area contributed by atoms with Gasteiger partial charge in [-0.2, -0.15) is 0 Å². The van der Waals surface area contributed by atoms with Crippen LogP contribution in [0, 0.1) is 6.92 Å². The average molecular weight is 484 g/mol. The Morgan fingerprint density at radius 3 is 2.22 bits per heavy atom. The maximum atomic E-state index is 13.5. The summed E-state index contributed by atoms with van der Waals surface area (Å²) in [6.07, 6.45) is 3.26. The largest absolute Gasteiger partial charge is 0.478 e. The highest BCUT2D eigenvalue weighted by Gasteiger charge is 2.39. The van der Waals surface area contributed by atoms with Crippen LogP contribution < -0.4 is 15.1 Å². The van der Waals surface area contributed by atoms with Crippen LogP contribution in [-0.4, -0.2) is 41.9 Å². The molecule has 182 valence electrons. The van der Waals surface area contributed by atoms with Crippen LogP contribution in [0.15, 0.2) is 60.7 Å². The van der Waals surface area contributed by atoms with Gasteiger partial charge in [-0.3, -0.25) is 14.4 Å². The van der Waals surface area contributed by atoms with Gasteiger partial charge in [0.1, 0.15) is 0 Å². The number of carbonyl (C=O) groups is 4. The molecular formula is C28H25N3O5. The highest BCUT2D eigenvalue weighted by atomic mass is 16.4. The first kappa shape index (κ1) is 23.3. The summed E-state index contributed by atoms with van der Waals surface area (Å²) < 4.78 is 0. The molecule has 0 atom stereocenters. The van der Waals surface area contributed by atoms with Crippen LogP contribution in [0.2, 0.25) is 0 Å². The van der Waals surface area contributed by atoms with Crippen LogP contribution in [0.4, 0.5) is 17.1 Å². The van der Waals surface area contributed by atoms with Crippen molar-refractivity contribution in [3.63, 3.8) is 0 Å². The number of aryl methyl sites for hydroxylation is 1. The number of carboxylic acid groups (broad SMARTS) is 1. The summed E-state index contributed by atoms with van der Waals surface area (Å²) in [6.45, 7) is 3.68.